The van der Waals surface area contributed by atoms with Crippen molar-refractivity contribution in [2.75, 3.05) is 26.2 Å². The number of carbonyl (C=O) groups is 1. The van der Waals surface area contributed by atoms with Crippen molar-refractivity contribution < 1.29 is 18.0 Å². The van der Waals surface area contributed by atoms with Gasteiger partial charge in [-0.1, -0.05) is 12.1 Å². The molecule has 3 nitrogen and oxygen atoms in total. The Bertz CT molecular complexity index is 732. The second-order valence-corrected chi connectivity index (χ2v) is 7.29. The zero-order valence-corrected chi connectivity index (χ0v) is 14.7. The average Bonchev–Trinajstić information content (AvgIpc) is 3.03. The number of benzene rings is 1. The van der Waals surface area contributed by atoms with E-state index in [-0.39, 0.29) is 5.91 Å². The summed E-state index contributed by atoms with van der Waals surface area (Å²) in [6, 6.07) is 9.25. The minimum atomic E-state index is -4.30. The molecule has 1 fully saturated rings. The van der Waals surface area contributed by atoms with Gasteiger partial charge in [0.25, 0.3) is 0 Å². The molecule has 134 valence electrons. The minimum absolute atomic E-state index is 0.111. The van der Waals surface area contributed by atoms with Crippen LogP contribution in [0.15, 0.2) is 36.4 Å². The van der Waals surface area contributed by atoms with Gasteiger partial charge in [-0.2, -0.15) is 13.2 Å². The topological polar surface area (TPSA) is 23.6 Å². The summed E-state index contributed by atoms with van der Waals surface area (Å²) in [4.78, 5) is 17.6. The first-order valence-electron chi connectivity index (χ1n) is 8.07. The zero-order chi connectivity index (χ0) is 18.0. The van der Waals surface area contributed by atoms with Crippen molar-refractivity contribution in [3.63, 3.8) is 0 Å². The van der Waals surface area contributed by atoms with Gasteiger partial charge < -0.3 is 4.90 Å². The lowest BCUT2D eigenvalue weighted by Gasteiger charge is -2.33. The third-order valence-electron chi connectivity index (χ3n) is 4.36. The Morgan fingerprint density at radius 2 is 1.68 bits per heavy atom. The number of rotatable bonds is 3. The summed E-state index contributed by atoms with van der Waals surface area (Å²) < 4.78 is 37.9. The molecule has 0 atom stereocenters. The molecule has 1 saturated heterocycles. The second-order valence-electron chi connectivity index (χ2n) is 6.12. The van der Waals surface area contributed by atoms with Gasteiger partial charge in [-0.3, -0.25) is 9.69 Å². The Morgan fingerprint density at radius 3 is 2.24 bits per heavy atom. The van der Waals surface area contributed by atoms with E-state index in [2.05, 4.69) is 4.90 Å². The van der Waals surface area contributed by atoms with Gasteiger partial charge in [0.1, 0.15) is 0 Å². The lowest BCUT2D eigenvalue weighted by Crippen LogP contribution is -2.47. The fraction of sp³-hybridized carbons (Fsp3) is 0.389. The Balaban J connectivity index is 1.62. The Labute approximate surface area is 148 Å². The second kappa shape index (κ2) is 7.17. The molecule has 3 rings (SSSR count). The van der Waals surface area contributed by atoms with E-state index in [0.29, 0.717) is 0 Å². The normalized spacial score (nSPS) is 16.2. The molecule has 2 heterocycles. The predicted molar refractivity (Wildman–Crippen MR) is 92.3 cm³/mol. The van der Waals surface area contributed by atoms with Crippen molar-refractivity contribution >= 4 is 17.2 Å². The molecule has 1 amide bonds. The number of amides is 1. The number of piperazine rings is 1. The fourth-order valence-electron chi connectivity index (χ4n) is 2.88. The first-order valence-corrected chi connectivity index (χ1v) is 8.89. The molecule has 1 aliphatic heterocycles. The lowest BCUT2D eigenvalue weighted by atomic mass is 10.1. The molecule has 0 saturated carbocycles. The van der Waals surface area contributed by atoms with Crippen molar-refractivity contribution in [2.24, 2.45) is 0 Å². The summed E-state index contributed by atoms with van der Waals surface area (Å²) in [6.07, 6.45) is -4.30. The van der Waals surface area contributed by atoms with Crippen molar-refractivity contribution in [3.8, 4) is 10.4 Å². The van der Waals surface area contributed by atoms with Crippen LogP contribution in [-0.2, 0) is 17.5 Å². The maximum atomic E-state index is 12.6. The summed E-state index contributed by atoms with van der Waals surface area (Å²) in [7, 11) is 0. The Morgan fingerprint density at radius 1 is 1.04 bits per heavy atom. The van der Waals surface area contributed by atoms with E-state index in [9.17, 15) is 18.0 Å². The third-order valence-corrected chi connectivity index (χ3v) is 5.47. The molecule has 0 radical (unpaired) electrons. The van der Waals surface area contributed by atoms with Gasteiger partial charge in [-0.05, 0) is 29.8 Å². The zero-order valence-electron chi connectivity index (χ0n) is 13.8. The van der Waals surface area contributed by atoms with Crippen molar-refractivity contribution in [2.45, 2.75) is 19.6 Å². The number of carbonyl (C=O) groups excluding carboxylic acids is 1. The van der Waals surface area contributed by atoms with E-state index < -0.39 is 11.7 Å². The molecule has 0 N–H and O–H groups in total. The van der Waals surface area contributed by atoms with Crippen LogP contribution in [0.4, 0.5) is 13.2 Å². The highest BCUT2D eigenvalue weighted by molar-refractivity contribution is 7.15. The fourth-order valence-corrected chi connectivity index (χ4v) is 3.94. The van der Waals surface area contributed by atoms with Gasteiger partial charge in [0.05, 0.1) is 5.56 Å². The molecule has 0 bridgehead atoms. The van der Waals surface area contributed by atoms with Crippen LogP contribution in [0.3, 0.4) is 0 Å². The van der Waals surface area contributed by atoms with Crippen LogP contribution in [0.1, 0.15) is 17.4 Å². The van der Waals surface area contributed by atoms with Gasteiger partial charge in [-0.15, -0.1) is 11.3 Å². The molecule has 0 aliphatic carbocycles. The molecule has 0 spiro atoms. The van der Waals surface area contributed by atoms with Gasteiger partial charge >= 0.3 is 6.18 Å². The van der Waals surface area contributed by atoms with E-state index in [1.165, 1.54) is 17.0 Å². The Kier molecular flexibility index (Phi) is 5.15. The van der Waals surface area contributed by atoms with Crippen LogP contribution in [0.2, 0.25) is 0 Å². The number of nitrogens with zero attached hydrogens (tertiary/aromatic N) is 2. The maximum Gasteiger partial charge on any atom is 0.416 e. The molecule has 1 aliphatic rings. The van der Waals surface area contributed by atoms with Gasteiger partial charge in [-0.25, -0.2) is 0 Å². The van der Waals surface area contributed by atoms with Crippen LogP contribution < -0.4 is 0 Å². The number of hydrogen-bond donors (Lipinski definition) is 0. The SMILES string of the molecule is CC(=O)N1CCN(Cc2ccc(-c3ccc(C(F)(F)F)cc3)s2)CC1. The molecule has 1 aromatic heterocycles. The highest BCUT2D eigenvalue weighted by atomic mass is 32.1. The van der Waals surface area contributed by atoms with Crippen LogP contribution in [0, 0.1) is 0 Å². The molecule has 7 heteroatoms. The first kappa shape index (κ1) is 17.9. The van der Waals surface area contributed by atoms with Gasteiger partial charge in [0.15, 0.2) is 0 Å². The lowest BCUT2D eigenvalue weighted by molar-refractivity contribution is -0.137. The van der Waals surface area contributed by atoms with Crippen LogP contribution in [-0.4, -0.2) is 41.9 Å². The number of hydrogen-bond acceptors (Lipinski definition) is 3. The third kappa shape index (κ3) is 4.41. The summed E-state index contributed by atoms with van der Waals surface area (Å²) in [5.74, 6) is 0.111. The molecular formula is C18H19F3N2OS. The number of halogens is 3. The Hall–Kier alpha value is -1.86. The minimum Gasteiger partial charge on any atom is -0.340 e. The molecule has 2 aromatic rings. The van der Waals surface area contributed by atoms with Gasteiger partial charge in [0.2, 0.25) is 5.91 Å². The molecule has 0 unspecified atom stereocenters. The summed E-state index contributed by atoms with van der Waals surface area (Å²) in [6.45, 7) is 5.56. The number of thiophene rings is 1. The first-order chi connectivity index (χ1) is 11.8. The summed E-state index contributed by atoms with van der Waals surface area (Å²) >= 11 is 1.60. The predicted octanol–water partition coefficient (Wildman–Crippen LogP) is 4.10. The van der Waals surface area contributed by atoms with E-state index in [1.807, 2.05) is 17.0 Å². The van der Waals surface area contributed by atoms with Crippen LogP contribution in [0.25, 0.3) is 10.4 Å². The highest BCUT2D eigenvalue weighted by Gasteiger charge is 2.30. The van der Waals surface area contributed by atoms with E-state index in [4.69, 9.17) is 0 Å². The summed E-state index contributed by atoms with van der Waals surface area (Å²) in [5.41, 5.74) is 0.169. The standard InChI is InChI=1S/C18H19F3N2OS/c1-13(24)23-10-8-22(9-11-23)12-16-6-7-17(25-16)14-2-4-15(5-3-14)18(19,20)21/h2-7H,8-12H2,1H3. The summed E-state index contributed by atoms with van der Waals surface area (Å²) in [5, 5.41) is 0. The highest BCUT2D eigenvalue weighted by Crippen LogP contribution is 2.33. The van der Waals surface area contributed by atoms with Crippen molar-refractivity contribution in [1.29, 1.82) is 0 Å². The van der Waals surface area contributed by atoms with E-state index in [1.54, 1.807) is 18.3 Å². The van der Waals surface area contributed by atoms with Crippen molar-refractivity contribution in [3.05, 3.63) is 46.8 Å². The van der Waals surface area contributed by atoms with Gasteiger partial charge in [0, 0.05) is 49.4 Å². The van der Waals surface area contributed by atoms with Crippen molar-refractivity contribution in [1.82, 2.24) is 9.80 Å². The largest absolute Gasteiger partial charge is 0.416 e. The monoisotopic (exact) mass is 368 g/mol. The molecule has 1 aromatic carbocycles. The van der Waals surface area contributed by atoms with Crippen LogP contribution >= 0.6 is 11.3 Å². The van der Waals surface area contributed by atoms with E-state index >= 15 is 0 Å². The maximum absolute atomic E-state index is 12.6. The molecule has 25 heavy (non-hydrogen) atoms. The smallest absolute Gasteiger partial charge is 0.340 e. The quantitative estimate of drug-likeness (QED) is 0.814. The molecular weight excluding hydrogens is 349 g/mol. The van der Waals surface area contributed by atoms with E-state index in [0.717, 1.165) is 55.3 Å². The number of alkyl halides is 3. The average molecular weight is 368 g/mol. The van der Waals surface area contributed by atoms with Crippen LogP contribution in [0.5, 0.6) is 0 Å².